The van der Waals surface area contributed by atoms with Crippen molar-refractivity contribution in [1.82, 2.24) is 21.4 Å². The van der Waals surface area contributed by atoms with E-state index in [1.807, 2.05) is 0 Å². The van der Waals surface area contributed by atoms with Crippen LogP contribution in [0.15, 0.2) is 58.2 Å². The molecule has 1 aliphatic rings. The van der Waals surface area contributed by atoms with E-state index < -0.39 is 5.91 Å². The van der Waals surface area contributed by atoms with Crippen molar-refractivity contribution in [2.75, 3.05) is 6.54 Å². The molecule has 0 bridgehead atoms. The van der Waals surface area contributed by atoms with Gasteiger partial charge in [0.25, 0.3) is 5.91 Å². The van der Waals surface area contributed by atoms with Crippen LogP contribution in [-0.2, 0) is 0 Å². The zero-order valence-corrected chi connectivity index (χ0v) is 16.8. The maximum absolute atomic E-state index is 13.2. The first-order valence-electron chi connectivity index (χ1n) is 9.33. The second-order valence-corrected chi connectivity index (χ2v) is 7.29. The number of aryl methyl sites for hydroxylation is 1. The van der Waals surface area contributed by atoms with E-state index in [0.717, 1.165) is 5.56 Å². The van der Waals surface area contributed by atoms with Gasteiger partial charge in [0, 0.05) is 24.2 Å². The summed E-state index contributed by atoms with van der Waals surface area (Å²) >= 11 is 6.24. The number of carbonyl (C=O) groups excluding carboxylic acids is 1. The molecule has 0 spiro atoms. The van der Waals surface area contributed by atoms with E-state index >= 15 is 0 Å². The summed E-state index contributed by atoms with van der Waals surface area (Å²) < 4.78 is 18.4. The number of hydrazone groups is 1. The predicted octanol–water partition coefficient (Wildman–Crippen LogP) is 3.62. The lowest BCUT2D eigenvalue weighted by molar-refractivity contribution is 0.0954. The van der Waals surface area contributed by atoms with Crippen LogP contribution in [0.3, 0.4) is 0 Å². The van der Waals surface area contributed by atoms with Gasteiger partial charge < -0.3 is 4.52 Å². The molecule has 4 rings (SSSR count). The molecule has 1 amide bonds. The summed E-state index contributed by atoms with van der Waals surface area (Å²) in [6, 6.07) is 13.3. The summed E-state index contributed by atoms with van der Waals surface area (Å²) in [5.74, 6) is -0.411. The third kappa shape index (κ3) is 4.11. The Kier molecular flexibility index (Phi) is 5.89. The van der Waals surface area contributed by atoms with Gasteiger partial charge in [0.15, 0.2) is 0 Å². The zero-order valence-electron chi connectivity index (χ0n) is 16.0. The number of hydrogen-bond donors (Lipinski definition) is 3. The summed E-state index contributed by atoms with van der Waals surface area (Å²) in [6.45, 7) is 2.26. The van der Waals surface area contributed by atoms with Crippen molar-refractivity contribution in [2.45, 2.75) is 13.0 Å². The highest BCUT2D eigenvalue weighted by Crippen LogP contribution is 2.31. The minimum absolute atomic E-state index is 0.0395. The Morgan fingerprint density at radius 1 is 1.30 bits per heavy atom. The van der Waals surface area contributed by atoms with E-state index in [2.05, 4.69) is 26.5 Å². The van der Waals surface area contributed by atoms with Crippen molar-refractivity contribution in [3.63, 3.8) is 0 Å². The van der Waals surface area contributed by atoms with Gasteiger partial charge in [-0.2, -0.15) is 5.10 Å². The van der Waals surface area contributed by atoms with Crippen molar-refractivity contribution in [2.24, 2.45) is 11.0 Å². The van der Waals surface area contributed by atoms with Gasteiger partial charge >= 0.3 is 0 Å². The number of carbonyl (C=O) groups is 1. The number of rotatable bonds is 5. The standard InChI is InChI=1S/C21H19ClFN5O2/c1-12-18(20(28-30-12)16-4-2-3-5-17(16)22)21(29)27-25-11-14-10-24-26-19(14)13-6-8-15(23)9-7-13/h2-9,11,14,19,24,26H,10H2,1H3,(H,27,29)/b25-11+. The Morgan fingerprint density at radius 3 is 2.83 bits per heavy atom. The predicted molar refractivity (Wildman–Crippen MR) is 111 cm³/mol. The van der Waals surface area contributed by atoms with Crippen LogP contribution in [0.1, 0.15) is 27.7 Å². The summed E-state index contributed by atoms with van der Waals surface area (Å²) in [5, 5.41) is 8.58. The lowest BCUT2D eigenvalue weighted by Crippen LogP contribution is -2.25. The van der Waals surface area contributed by atoms with Crippen LogP contribution in [0, 0.1) is 18.7 Å². The zero-order chi connectivity index (χ0) is 21.1. The molecular weight excluding hydrogens is 409 g/mol. The largest absolute Gasteiger partial charge is 0.360 e. The summed E-state index contributed by atoms with van der Waals surface area (Å²) in [6.07, 6.45) is 1.65. The molecule has 30 heavy (non-hydrogen) atoms. The van der Waals surface area contributed by atoms with Crippen LogP contribution in [0.25, 0.3) is 11.3 Å². The molecular formula is C21H19ClFN5O2. The molecule has 2 aromatic carbocycles. The van der Waals surface area contributed by atoms with Crippen LogP contribution < -0.4 is 16.3 Å². The third-order valence-electron chi connectivity index (χ3n) is 4.90. The number of amides is 1. The van der Waals surface area contributed by atoms with Crippen molar-refractivity contribution in [1.29, 1.82) is 0 Å². The Bertz CT molecular complexity index is 1080. The lowest BCUT2D eigenvalue weighted by atomic mass is 9.96. The normalized spacial score (nSPS) is 18.8. The van der Waals surface area contributed by atoms with Crippen molar-refractivity contribution in [3.8, 4) is 11.3 Å². The maximum atomic E-state index is 13.2. The summed E-state index contributed by atoms with van der Waals surface area (Å²) in [7, 11) is 0. The number of halogens is 2. The van der Waals surface area contributed by atoms with E-state index in [4.69, 9.17) is 16.1 Å². The molecule has 0 aliphatic carbocycles. The van der Waals surface area contributed by atoms with Gasteiger partial charge in [0.1, 0.15) is 22.8 Å². The molecule has 1 saturated heterocycles. The first-order chi connectivity index (χ1) is 14.5. The third-order valence-corrected chi connectivity index (χ3v) is 5.23. The minimum Gasteiger partial charge on any atom is -0.360 e. The molecule has 0 saturated carbocycles. The van der Waals surface area contributed by atoms with Gasteiger partial charge in [0.2, 0.25) is 0 Å². The average Bonchev–Trinajstić information content (AvgIpc) is 3.35. The van der Waals surface area contributed by atoms with Gasteiger partial charge in [-0.1, -0.05) is 47.1 Å². The molecule has 2 heterocycles. The van der Waals surface area contributed by atoms with Gasteiger partial charge in [0.05, 0.1) is 11.1 Å². The quantitative estimate of drug-likeness (QED) is 0.427. The maximum Gasteiger partial charge on any atom is 0.277 e. The molecule has 3 aromatic rings. The van der Waals surface area contributed by atoms with Gasteiger partial charge in [-0.05, 0) is 30.7 Å². The number of nitrogens with zero attached hydrogens (tertiary/aromatic N) is 2. The van der Waals surface area contributed by atoms with E-state index in [1.165, 1.54) is 12.1 Å². The van der Waals surface area contributed by atoms with Crippen molar-refractivity contribution >= 4 is 23.7 Å². The van der Waals surface area contributed by atoms with Crippen LogP contribution >= 0.6 is 11.6 Å². The molecule has 1 fully saturated rings. The number of aromatic nitrogens is 1. The van der Waals surface area contributed by atoms with Crippen LogP contribution in [0.2, 0.25) is 5.02 Å². The van der Waals surface area contributed by atoms with Crippen LogP contribution in [0.5, 0.6) is 0 Å². The van der Waals surface area contributed by atoms with Crippen LogP contribution in [-0.4, -0.2) is 23.8 Å². The highest BCUT2D eigenvalue weighted by molar-refractivity contribution is 6.33. The first-order valence-corrected chi connectivity index (χ1v) is 9.71. The minimum atomic E-state index is -0.447. The smallest absolute Gasteiger partial charge is 0.277 e. The highest BCUT2D eigenvalue weighted by Gasteiger charge is 2.27. The fourth-order valence-corrected chi connectivity index (χ4v) is 3.60. The molecule has 1 aliphatic heterocycles. The molecule has 3 N–H and O–H groups in total. The second kappa shape index (κ2) is 8.74. The molecule has 0 radical (unpaired) electrons. The summed E-state index contributed by atoms with van der Waals surface area (Å²) in [5.41, 5.74) is 10.9. The van der Waals surface area contributed by atoms with Gasteiger partial charge in [-0.25, -0.2) is 15.2 Å². The average molecular weight is 428 g/mol. The van der Waals surface area contributed by atoms with Gasteiger partial charge in [-0.3, -0.25) is 10.2 Å². The van der Waals surface area contributed by atoms with E-state index in [1.54, 1.807) is 49.5 Å². The molecule has 2 atom stereocenters. The molecule has 1 aromatic heterocycles. The highest BCUT2D eigenvalue weighted by atomic mass is 35.5. The number of nitrogens with one attached hydrogen (secondary N) is 3. The lowest BCUT2D eigenvalue weighted by Gasteiger charge is -2.15. The fourth-order valence-electron chi connectivity index (χ4n) is 3.38. The number of benzene rings is 2. The second-order valence-electron chi connectivity index (χ2n) is 6.88. The molecule has 9 heteroatoms. The first kappa shape index (κ1) is 20.2. The molecule has 154 valence electrons. The Hall–Kier alpha value is -3.07. The Balaban J connectivity index is 1.49. The Morgan fingerprint density at radius 2 is 2.07 bits per heavy atom. The monoisotopic (exact) mass is 427 g/mol. The number of hydrazine groups is 1. The van der Waals surface area contributed by atoms with Crippen LogP contribution in [0.4, 0.5) is 4.39 Å². The van der Waals surface area contributed by atoms with E-state index in [0.29, 0.717) is 28.6 Å². The Labute approximate surface area is 177 Å². The van der Waals surface area contributed by atoms with Gasteiger partial charge in [-0.15, -0.1) is 0 Å². The topological polar surface area (TPSA) is 91.6 Å². The van der Waals surface area contributed by atoms with Crippen molar-refractivity contribution in [3.05, 3.63) is 76.3 Å². The van der Waals surface area contributed by atoms with E-state index in [9.17, 15) is 9.18 Å². The summed E-state index contributed by atoms with van der Waals surface area (Å²) in [4.78, 5) is 12.8. The molecule has 7 nitrogen and oxygen atoms in total. The van der Waals surface area contributed by atoms with Crippen molar-refractivity contribution < 1.29 is 13.7 Å². The van der Waals surface area contributed by atoms with E-state index in [-0.39, 0.29) is 23.3 Å². The fraction of sp³-hybridized carbons (Fsp3) is 0.190. The number of hydrogen-bond acceptors (Lipinski definition) is 6. The molecule has 2 unspecified atom stereocenters. The SMILES string of the molecule is Cc1onc(-c2ccccc2Cl)c1C(=O)N/N=C/C1CNNC1c1ccc(F)cc1.